The number of ether oxygens (including phenoxy) is 2. The van der Waals surface area contributed by atoms with Gasteiger partial charge in [-0.15, -0.1) is 10.2 Å². The molecule has 0 unspecified atom stereocenters. The predicted molar refractivity (Wildman–Crippen MR) is 148 cm³/mol. The number of carbonyl (C=O) groups excluding carboxylic acids is 2. The number of thioether (sulfide) groups is 1. The molecule has 1 saturated heterocycles. The fourth-order valence-corrected chi connectivity index (χ4v) is 5.25. The predicted octanol–water partition coefficient (Wildman–Crippen LogP) is 4.04. The van der Waals surface area contributed by atoms with E-state index in [0.29, 0.717) is 37.1 Å². The molecule has 40 heavy (non-hydrogen) atoms. The molecular formula is C28H35N5O6S. The minimum Gasteiger partial charge on any atom is -0.392 e. The highest BCUT2D eigenvalue weighted by molar-refractivity contribution is 7.99. The molecule has 4 rings (SSSR count). The lowest BCUT2D eigenvalue weighted by Crippen LogP contribution is -2.31. The lowest BCUT2D eigenvalue weighted by Gasteiger charge is -2.36. The van der Waals surface area contributed by atoms with E-state index in [2.05, 4.69) is 15.5 Å². The number of carbonyl (C=O) groups is 2. The summed E-state index contributed by atoms with van der Waals surface area (Å²) in [6.45, 7) is -0.0132. The fourth-order valence-electron chi connectivity index (χ4n) is 4.34. The number of aliphatic hydroxyl groups excluding tert-OH is 1. The Morgan fingerprint density at radius 3 is 2.35 bits per heavy atom. The van der Waals surface area contributed by atoms with E-state index in [4.69, 9.17) is 14.7 Å². The van der Waals surface area contributed by atoms with E-state index in [1.165, 1.54) is 0 Å². The molecule has 0 bridgehead atoms. The number of nitrogens with zero attached hydrogens (tertiary/aromatic N) is 3. The number of aromatic nitrogens is 3. The molecule has 11 nitrogen and oxygen atoms in total. The van der Waals surface area contributed by atoms with Crippen molar-refractivity contribution in [2.24, 2.45) is 7.05 Å². The van der Waals surface area contributed by atoms with Crippen LogP contribution in [0.3, 0.4) is 0 Å². The second-order valence-electron chi connectivity index (χ2n) is 9.65. The largest absolute Gasteiger partial charge is 0.392 e. The molecule has 3 aromatic rings. The maximum Gasteiger partial charge on any atom is 0.243 e. The second-order valence-corrected chi connectivity index (χ2v) is 10.6. The van der Waals surface area contributed by atoms with E-state index in [1.807, 2.05) is 60.1 Å². The second kappa shape index (κ2) is 14.9. The molecule has 12 heteroatoms. The zero-order chi connectivity index (χ0) is 28.3. The number of benzene rings is 2. The molecule has 1 aromatic heterocycles. The molecule has 1 fully saturated rings. The first kappa shape index (κ1) is 29.7. The SMILES string of the molecule is Cn1cnnc1SC[C@H]1C[C@@H](c2ccc(CO)cc2)O[C@@H](c2ccc(NC(=O)CCCCCC(=O)NO)cc2)O1. The van der Waals surface area contributed by atoms with Crippen LogP contribution in [0.1, 0.15) is 67.6 Å². The Morgan fingerprint density at radius 1 is 1.00 bits per heavy atom. The van der Waals surface area contributed by atoms with Crippen LogP contribution in [0.2, 0.25) is 0 Å². The molecule has 2 aromatic carbocycles. The lowest BCUT2D eigenvalue weighted by atomic mass is 10.0. The molecular weight excluding hydrogens is 534 g/mol. The van der Waals surface area contributed by atoms with Crippen LogP contribution >= 0.6 is 11.8 Å². The van der Waals surface area contributed by atoms with Crippen molar-refractivity contribution in [2.45, 2.75) is 68.8 Å². The van der Waals surface area contributed by atoms with Gasteiger partial charge in [0, 0.05) is 43.3 Å². The zero-order valence-electron chi connectivity index (χ0n) is 22.4. The summed E-state index contributed by atoms with van der Waals surface area (Å²) < 4.78 is 14.6. The standard InChI is InChI=1S/C28H35N5O6S/c1-33-18-29-31-28(33)40-17-23-15-24(20-9-7-19(16-34)8-10-20)39-27(38-23)21-11-13-22(14-12-21)30-25(35)5-3-2-4-6-26(36)32-37/h7-14,18,23-24,27,34,37H,2-6,15-17H2,1H3,(H,30,35)(H,32,36)/t23-,24+,27+/m1/s1. The van der Waals surface area contributed by atoms with Gasteiger partial charge in [-0.05, 0) is 36.1 Å². The highest BCUT2D eigenvalue weighted by Crippen LogP contribution is 2.39. The van der Waals surface area contributed by atoms with E-state index < -0.39 is 12.2 Å². The van der Waals surface area contributed by atoms with Gasteiger partial charge in [-0.2, -0.15) is 0 Å². The van der Waals surface area contributed by atoms with Crippen molar-refractivity contribution in [1.82, 2.24) is 20.2 Å². The highest BCUT2D eigenvalue weighted by atomic mass is 32.2. The van der Waals surface area contributed by atoms with Crippen molar-refractivity contribution in [2.75, 3.05) is 11.1 Å². The first-order valence-electron chi connectivity index (χ1n) is 13.3. The van der Waals surface area contributed by atoms with Gasteiger partial charge in [-0.3, -0.25) is 14.8 Å². The average Bonchev–Trinajstić information content (AvgIpc) is 3.40. The van der Waals surface area contributed by atoms with E-state index >= 15 is 0 Å². The third-order valence-electron chi connectivity index (χ3n) is 6.58. The average molecular weight is 570 g/mol. The zero-order valence-corrected chi connectivity index (χ0v) is 23.2. The molecule has 1 aliphatic heterocycles. The van der Waals surface area contributed by atoms with Crippen LogP contribution in [0, 0.1) is 0 Å². The number of anilines is 1. The fraction of sp³-hybridized carbons (Fsp3) is 0.429. The van der Waals surface area contributed by atoms with Gasteiger partial charge in [0.2, 0.25) is 11.8 Å². The van der Waals surface area contributed by atoms with Gasteiger partial charge in [0.1, 0.15) is 6.33 Å². The molecule has 2 amide bonds. The van der Waals surface area contributed by atoms with Gasteiger partial charge in [-0.1, -0.05) is 54.6 Å². The third kappa shape index (κ3) is 8.60. The van der Waals surface area contributed by atoms with E-state index in [1.54, 1.807) is 23.6 Å². The summed E-state index contributed by atoms with van der Waals surface area (Å²) in [4.78, 5) is 23.4. The molecule has 0 spiro atoms. The maximum atomic E-state index is 12.3. The highest BCUT2D eigenvalue weighted by Gasteiger charge is 2.32. The number of aliphatic hydroxyl groups is 1. The quantitative estimate of drug-likeness (QED) is 0.104. The number of rotatable bonds is 13. The van der Waals surface area contributed by atoms with Gasteiger partial charge in [0.15, 0.2) is 11.4 Å². The third-order valence-corrected chi connectivity index (χ3v) is 7.75. The van der Waals surface area contributed by atoms with Crippen molar-refractivity contribution in [1.29, 1.82) is 0 Å². The molecule has 214 valence electrons. The molecule has 0 saturated carbocycles. The Labute approximate surface area is 237 Å². The molecule has 2 heterocycles. The van der Waals surface area contributed by atoms with Crippen LogP contribution in [0.5, 0.6) is 0 Å². The Hall–Kier alpha value is -3.29. The maximum absolute atomic E-state index is 12.3. The molecule has 0 aliphatic carbocycles. The Morgan fingerprint density at radius 2 is 1.70 bits per heavy atom. The number of nitrogens with one attached hydrogen (secondary N) is 2. The van der Waals surface area contributed by atoms with Crippen molar-refractivity contribution in [3.63, 3.8) is 0 Å². The van der Waals surface area contributed by atoms with Crippen LogP contribution in [0.25, 0.3) is 0 Å². The van der Waals surface area contributed by atoms with E-state index in [0.717, 1.165) is 28.3 Å². The van der Waals surface area contributed by atoms with Gasteiger partial charge >= 0.3 is 0 Å². The summed E-state index contributed by atoms with van der Waals surface area (Å²) in [6, 6.07) is 15.2. The number of hydrogen-bond donors (Lipinski definition) is 4. The molecule has 1 aliphatic rings. The van der Waals surface area contributed by atoms with E-state index in [9.17, 15) is 14.7 Å². The first-order valence-corrected chi connectivity index (χ1v) is 14.2. The number of hydroxylamine groups is 1. The normalized spacial score (nSPS) is 18.8. The van der Waals surface area contributed by atoms with Gasteiger partial charge in [0.05, 0.1) is 18.8 Å². The van der Waals surface area contributed by atoms with Crippen LogP contribution in [-0.4, -0.2) is 48.7 Å². The molecule has 4 N–H and O–H groups in total. The van der Waals surface area contributed by atoms with Crippen molar-refractivity contribution in [3.05, 3.63) is 71.5 Å². The summed E-state index contributed by atoms with van der Waals surface area (Å²) in [7, 11) is 1.90. The van der Waals surface area contributed by atoms with Crippen LogP contribution in [-0.2, 0) is 32.7 Å². The Bertz CT molecular complexity index is 1240. The monoisotopic (exact) mass is 569 g/mol. The number of amides is 2. The minimum atomic E-state index is -0.595. The van der Waals surface area contributed by atoms with Crippen molar-refractivity contribution < 1.29 is 29.4 Å². The molecule has 0 radical (unpaired) electrons. The van der Waals surface area contributed by atoms with Gasteiger partial charge in [-0.25, -0.2) is 5.48 Å². The lowest BCUT2D eigenvalue weighted by molar-refractivity contribution is -0.245. The van der Waals surface area contributed by atoms with Crippen molar-refractivity contribution >= 4 is 29.3 Å². The van der Waals surface area contributed by atoms with Gasteiger partial charge < -0.3 is 24.5 Å². The van der Waals surface area contributed by atoms with Crippen molar-refractivity contribution in [3.8, 4) is 0 Å². The number of aryl methyl sites for hydroxylation is 1. The van der Waals surface area contributed by atoms with Crippen LogP contribution in [0.4, 0.5) is 5.69 Å². The van der Waals surface area contributed by atoms with Crippen LogP contribution in [0.15, 0.2) is 60.0 Å². The Balaban J connectivity index is 1.36. The smallest absolute Gasteiger partial charge is 0.243 e. The Kier molecular flexibility index (Phi) is 11.1. The summed E-state index contributed by atoms with van der Waals surface area (Å²) in [5, 5.41) is 29.7. The number of unbranched alkanes of at least 4 members (excludes halogenated alkanes) is 2. The molecule has 3 atom stereocenters. The van der Waals surface area contributed by atoms with E-state index in [-0.39, 0.29) is 31.1 Å². The summed E-state index contributed by atoms with van der Waals surface area (Å²) >= 11 is 1.58. The first-order chi connectivity index (χ1) is 19.4. The number of hydrogen-bond acceptors (Lipinski definition) is 9. The van der Waals surface area contributed by atoms with Gasteiger partial charge in [0.25, 0.3) is 0 Å². The summed E-state index contributed by atoms with van der Waals surface area (Å²) in [5.74, 6) is 0.157. The minimum absolute atomic E-state index is 0.0132. The topological polar surface area (TPSA) is 148 Å². The van der Waals surface area contributed by atoms with Crippen LogP contribution < -0.4 is 10.8 Å². The summed E-state index contributed by atoms with van der Waals surface area (Å²) in [6.07, 6.45) is 4.00. The summed E-state index contributed by atoms with van der Waals surface area (Å²) in [5.41, 5.74) is 4.97.